The zero-order chi connectivity index (χ0) is 21.3. The Hall–Kier alpha value is -2.82. The molecule has 0 aromatic rings. The first-order chi connectivity index (χ1) is 12.9. The van der Waals surface area contributed by atoms with E-state index in [2.05, 4.69) is 0 Å². The standard InChI is InChI=1S/C20H28N4O4/c1-14(13-21)7-8-15(2)24-17(26)22(6)16(25)20(24)9-11-23(12-10-20)18(27)28-19(3,4)5/h7-8H,9-12H2,1-6H3. The van der Waals surface area contributed by atoms with Gasteiger partial charge in [0.2, 0.25) is 0 Å². The van der Waals surface area contributed by atoms with E-state index >= 15 is 0 Å². The van der Waals surface area contributed by atoms with Crippen molar-refractivity contribution in [2.75, 3.05) is 20.1 Å². The van der Waals surface area contributed by atoms with Crippen LogP contribution in [0.15, 0.2) is 23.4 Å². The fraction of sp³-hybridized carbons (Fsp3) is 0.600. The molecule has 0 radical (unpaired) electrons. The SMILES string of the molecule is CC(C#N)=CC=C(C)N1C(=O)N(C)C(=O)C12CCN(C(=O)OC(C)(C)C)CC2. The number of nitriles is 1. The Kier molecular flexibility index (Phi) is 5.88. The Balaban J connectivity index is 2.27. The van der Waals surface area contributed by atoms with E-state index in [1.54, 1.807) is 51.7 Å². The average molecular weight is 388 g/mol. The molecule has 152 valence electrons. The summed E-state index contributed by atoms with van der Waals surface area (Å²) >= 11 is 0. The molecule has 2 fully saturated rings. The van der Waals surface area contributed by atoms with Gasteiger partial charge in [0.05, 0.1) is 6.07 Å². The van der Waals surface area contributed by atoms with E-state index in [4.69, 9.17) is 10.00 Å². The molecule has 2 aliphatic heterocycles. The number of hydrogen-bond acceptors (Lipinski definition) is 5. The lowest BCUT2D eigenvalue weighted by molar-refractivity contribution is -0.134. The first-order valence-corrected chi connectivity index (χ1v) is 9.28. The molecule has 8 heteroatoms. The summed E-state index contributed by atoms with van der Waals surface area (Å²) in [5.41, 5.74) is -0.524. The molecule has 0 saturated carbocycles. The number of nitrogens with zero attached hydrogens (tertiary/aromatic N) is 4. The lowest BCUT2D eigenvalue weighted by Gasteiger charge is -2.42. The van der Waals surface area contributed by atoms with Gasteiger partial charge >= 0.3 is 12.1 Å². The molecule has 28 heavy (non-hydrogen) atoms. The Labute approximate surface area is 166 Å². The molecular formula is C20H28N4O4. The largest absolute Gasteiger partial charge is 0.444 e. The van der Waals surface area contributed by atoms with Crippen LogP contribution in [-0.4, -0.2) is 64.0 Å². The van der Waals surface area contributed by atoms with Crippen LogP contribution in [0.1, 0.15) is 47.5 Å². The van der Waals surface area contributed by atoms with Crippen molar-refractivity contribution in [1.29, 1.82) is 5.26 Å². The summed E-state index contributed by atoms with van der Waals surface area (Å²) in [7, 11) is 1.47. The number of urea groups is 1. The van der Waals surface area contributed by atoms with Crippen LogP contribution < -0.4 is 0 Å². The third-order valence-electron chi connectivity index (χ3n) is 4.95. The average Bonchev–Trinajstić information content (AvgIpc) is 2.80. The zero-order valence-corrected chi connectivity index (χ0v) is 17.4. The predicted molar refractivity (Wildman–Crippen MR) is 103 cm³/mol. The third kappa shape index (κ3) is 4.03. The number of likely N-dealkylation sites (N-methyl/N-ethyl adjacent to an activating group) is 1. The molecular weight excluding hydrogens is 360 g/mol. The van der Waals surface area contributed by atoms with Gasteiger partial charge in [-0.1, -0.05) is 0 Å². The lowest BCUT2D eigenvalue weighted by Crippen LogP contribution is -2.57. The van der Waals surface area contributed by atoms with Crippen LogP contribution in [0, 0.1) is 11.3 Å². The van der Waals surface area contributed by atoms with Crippen LogP contribution in [0.25, 0.3) is 0 Å². The van der Waals surface area contributed by atoms with E-state index in [-0.39, 0.29) is 5.91 Å². The van der Waals surface area contributed by atoms with Crippen molar-refractivity contribution in [1.82, 2.24) is 14.7 Å². The smallest absolute Gasteiger partial charge is 0.410 e. The number of carbonyl (C=O) groups is 3. The second kappa shape index (κ2) is 7.66. The highest BCUT2D eigenvalue weighted by Crippen LogP contribution is 2.39. The maximum Gasteiger partial charge on any atom is 0.410 e. The summed E-state index contributed by atoms with van der Waals surface area (Å²) in [6.45, 7) is 9.46. The van der Waals surface area contributed by atoms with Gasteiger partial charge in [-0.3, -0.25) is 14.6 Å². The summed E-state index contributed by atoms with van der Waals surface area (Å²) in [6.07, 6.45) is 3.53. The first kappa shape index (κ1) is 21.5. The Bertz CT molecular complexity index is 777. The molecule has 0 atom stereocenters. The number of rotatable bonds is 2. The van der Waals surface area contributed by atoms with E-state index in [1.807, 2.05) is 6.07 Å². The fourth-order valence-electron chi connectivity index (χ4n) is 3.50. The summed E-state index contributed by atoms with van der Waals surface area (Å²) in [6, 6.07) is 1.63. The minimum Gasteiger partial charge on any atom is -0.444 e. The maximum atomic E-state index is 12.9. The number of imide groups is 1. The van der Waals surface area contributed by atoms with Crippen molar-refractivity contribution in [3.63, 3.8) is 0 Å². The fourth-order valence-corrected chi connectivity index (χ4v) is 3.50. The van der Waals surface area contributed by atoms with Gasteiger partial charge in [0.25, 0.3) is 5.91 Å². The molecule has 2 heterocycles. The topological polar surface area (TPSA) is 94.0 Å². The van der Waals surface area contributed by atoms with E-state index in [1.165, 1.54) is 11.9 Å². The van der Waals surface area contributed by atoms with Crippen molar-refractivity contribution in [3.05, 3.63) is 23.4 Å². The third-order valence-corrected chi connectivity index (χ3v) is 4.95. The van der Waals surface area contributed by atoms with Crippen LogP contribution in [0.5, 0.6) is 0 Å². The summed E-state index contributed by atoms with van der Waals surface area (Å²) in [5.74, 6) is -0.268. The molecule has 0 bridgehead atoms. The van der Waals surface area contributed by atoms with Crippen LogP contribution in [-0.2, 0) is 9.53 Å². The van der Waals surface area contributed by atoms with Crippen LogP contribution >= 0.6 is 0 Å². The van der Waals surface area contributed by atoms with Gasteiger partial charge in [-0.15, -0.1) is 0 Å². The second-order valence-corrected chi connectivity index (χ2v) is 8.25. The molecule has 0 aromatic carbocycles. The zero-order valence-electron chi connectivity index (χ0n) is 17.4. The molecule has 2 aliphatic rings. The molecule has 1 spiro atoms. The normalized spacial score (nSPS) is 20.7. The van der Waals surface area contributed by atoms with Crippen LogP contribution in [0.2, 0.25) is 0 Å². The van der Waals surface area contributed by atoms with Gasteiger partial charge < -0.3 is 9.64 Å². The van der Waals surface area contributed by atoms with Crippen LogP contribution in [0.4, 0.5) is 9.59 Å². The molecule has 4 amide bonds. The number of allylic oxidation sites excluding steroid dienone is 4. The molecule has 2 saturated heterocycles. The lowest BCUT2D eigenvalue weighted by atomic mass is 9.85. The van der Waals surface area contributed by atoms with Gasteiger partial charge in [0, 0.05) is 31.4 Å². The number of carbonyl (C=O) groups excluding carboxylic acids is 3. The molecule has 0 N–H and O–H groups in total. The van der Waals surface area contributed by atoms with Crippen molar-refractivity contribution < 1.29 is 19.1 Å². The monoisotopic (exact) mass is 388 g/mol. The van der Waals surface area contributed by atoms with E-state index in [0.29, 0.717) is 37.2 Å². The minimum atomic E-state index is -1.01. The Morgan fingerprint density at radius 2 is 1.75 bits per heavy atom. The number of piperidine rings is 1. The van der Waals surface area contributed by atoms with Crippen molar-refractivity contribution in [2.45, 2.75) is 58.6 Å². The van der Waals surface area contributed by atoms with E-state index < -0.39 is 23.3 Å². The van der Waals surface area contributed by atoms with Gasteiger partial charge in [0.1, 0.15) is 11.1 Å². The molecule has 0 aliphatic carbocycles. The first-order valence-electron chi connectivity index (χ1n) is 9.28. The minimum absolute atomic E-state index is 0.268. The number of amides is 4. The van der Waals surface area contributed by atoms with Gasteiger partial charge in [-0.25, -0.2) is 9.59 Å². The highest BCUT2D eigenvalue weighted by molar-refractivity contribution is 6.07. The molecule has 0 aromatic heterocycles. The highest BCUT2D eigenvalue weighted by Gasteiger charge is 2.57. The molecule has 0 unspecified atom stereocenters. The predicted octanol–water partition coefficient (Wildman–Crippen LogP) is 3.02. The molecule has 8 nitrogen and oxygen atoms in total. The number of likely N-dealkylation sites (tertiary alicyclic amines) is 1. The van der Waals surface area contributed by atoms with E-state index in [9.17, 15) is 14.4 Å². The van der Waals surface area contributed by atoms with Gasteiger partial charge in [-0.05, 0) is 59.6 Å². The van der Waals surface area contributed by atoms with E-state index in [0.717, 1.165) is 4.90 Å². The maximum absolute atomic E-state index is 12.9. The Morgan fingerprint density at radius 1 is 1.18 bits per heavy atom. The van der Waals surface area contributed by atoms with Gasteiger partial charge in [-0.2, -0.15) is 5.26 Å². The quantitative estimate of drug-likeness (QED) is 0.412. The highest BCUT2D eigenvalue weighted by atomic mass is 16.6. The Morgan fingerprint density at radius 3 is 2.25 bits per heavy atom. The summed E-state index contributed by atoms with van der Waals surface area (Å²) < 4.78 is 5.41. The number of hydrogen-bond donors (Lipinski definition) is 0. The van der Waals surface area contributed by atoms with Gasteiger partial charge in [0.15, 0.2) is 0 Å². The summed E-state index contributed by atoms with van der Waals surface area (Å²) in [4.78, 5) is 42.2. The summed E-state index contributed by atoms with van der Waals surface area (Å²) in [5, 5.41) is 8.91. The number of ether oxygens (including phenoxy) is 1. The molecule has 2 rings (SSSR count). The van der Waals surface area contributed by atoms with Crippen molar-refractivity contribution in [3.8, 4) is 6.07 Å². The van der Waals surface area contributed by atoms with Crippen molar-refractivity contribution >= 4 is 18.0 Å². The van der Waals surface area contributed by atoms with Crippen molar-refractivity contribution in [2.24, 2.45) is 0 Å². The second-order valence-electron chi connectivity index (χ2n) is 8.25. The van der Waals surface area contributed by atoms with Crippen LogP contribution in [0.3, 0.4) is 0 Å².